The average molecular weight is 258 g/mol. The molecule has 6 nitrogen and oxygen atoms in total. The fraction of sp³-hybridized carbons (Fsp3) is 0.667. The molecule has 0 spiro atoms. The van der Waals surface area contributed by atoms with Gasteiger partial charge in [-0.3, -0.25) is 9.68 Å². The number of carboxylic acid groups (broad SMARTS) is 1. The summed E-state index contributed by atoms with van der Waals surface area (Å²) in [7, 11) is 0. The minimum atomic E-state index is -1.01. The van der Waals surface area contributed by atoms with Crippen LogP contribution < -0.4 is 0 Å². The van der Waals surface area contributed by atoms with Gasteiger partial charge < -0.3 is 5.11 Å². The zero-order valence-corrected chi connectivity index (χ0v) is 10.3. The highest BCUT2D eigenvalue weighted by Gasteiger charge is 2.35. The van der Waals surface area contributed by atoms with Crippen molar-refractivity contribution in [3.8, 4) is 0 Å². The molecule has 1 aliphatic carbocycles. The third kappa shape index (κ3) is 4.46. The fourth-order valence-corrected chi connectivity index (χ4v) is 1.70. The van der Waals surface area contributed by atoms with E-state index in [1.165, 1.54) is 0 Å². The van der Waals surface area contributed by atoms with Gasteiger partial charge in [-0.25, -0.2) is 4.79 Å². The van der Waals surface area contributed by atoms with Gasteiger partial charge in [-0.1, -0.05) is 25.5 Å². The highest BCUT2D eigenvalue weighted by atomic mass is 17.5. The van der Waals surface area contributed by atoms with Crippen LogP contribution >= 0.6 is 0 Å². The van der Waals surface area contributed by atoms with Crippen LogP contribution in [0, 0.1) is 11.8 Å². The van der Waals surface area contributed by atoms with Gasteiger partial charge in [-0.05, 0) is 24.3 Å². The third-order valence-electron chi connectivity index (χ3n) is 2.76. The molecule has 1 aliphatic rings. The molecule has 0 radical (unpaired) electrons. The fourth-order valence-electron chi connectivity index (χ4n) is 1.70. The van der Waals surface area contributed by atoms with Gasteiger partial charge in [-0.15, -0.1) is 0 Å². The van der Waals surface area contributed by atoms with Gasteiger partial charge in [0.15, 0.2) is 0 Å². The van der Waals surface area contributed by atoms with Crippen LogP contribution in [0.25, 0.3) is 0 Å². The molecular weight excluding hydrogens is 240 g/mol. The number of allylic oxidation sites excluding steroid dienone is 1. The van der Waals surface area contributed by atoms with Gasteiger partial charge in [-0.2, -0.15) is 4.89 Å². The summed E-state index contributed by atoms with van der Waals surface area (Å²) in [6.45, 7) is 2.31. The lowest BCUT2D eigenvalue weighted by Crippen LogP contribution is -2.31. The van der Waals surface area contributed by atoms with E-state index in [9.17, 15) is 9.59 Å². The van der Waals surface area contributed by atoms with Gasteiger partial charge >= 0.3 is 11.9 Å². The predicted octanol–water partition coefficient (Wildman–Crippen LogP) is 1.86. The second-order valence-corrected chi connectivity index (χ2v) is 4.12. The molecule has 0 bridgehead atoms. The topological polar surface area (TPSA) is 82.1 Å². The first-order chi connectivity index (χ1) is 8.66. The van der Waals surface area contributed by atoms with Crippen LogP contribution in [0.2, 0.25) is 0 Å². The maximum atomic E-state index is 11.6. The number of unbranched alkanes of at least 4 members (excludes halogenated alkanes) is 1. The van der Waals surface area contributed by atoms with Crippen molar-refractivity contribution in [2.45, 2.75) is 32.6 Å². The molecule has 0 saturated heterocycles. The highest BCUT2D eigenvalue weighted by Crippen LogP contribution is 2.26. The van der Waals surface area contributed by atoms with Gasteiger partial charge in [0, 0.05) is 0 Å². The lowest BCUT2D eigenvalue weighted by molar-refractivity contribution is -0.487. The van der Waals surface area contributed by atoms with Crippen molar-refractivity contribution in [1.29, 1.82) is 0 Å². The molecule has 1 N–H and O–H groups in total. The Morgan fingerprint density at radius 2 is 2.22 bits per heavy atom. The average Bonchev–Trinajstić information content (AvgIpc) is 2.38. The summed E-state index contributed by atoms with van der Waals surface area (Å²) in [5.41, 5.74) is 0. The van der Waals surface area contributed by atoms with E-state index >= 15 is 0 Å². The Bertz CT molecular complexity index is 312. The Balaban J connectivity index is 2.37. The second-order valence-electron chi connectivity index (χ2n) is 4.12. The first-order valence-electron chi connectivity index (χ1n) is 6.06. The molecule has 0 saturated carbocycles. The molecule has 0 aromatic carbocycles. The normalized spacial score (nSPS) is 22.7. The minimum Gasteiger partial charge on any atom is -0.481 e. The van der Waals surface area contributed by atoms with E-state index in [2.05, 4.69) is 14.8 Å². The largest absolute Gasteiger partial charge is 0.481 e. The van der Waals surface area contributed by atoms with Crippen molar-refractivity contribution < 1.29 is 29.5 Å². The maximum Gasteiger partial charge on any atom is 0.353 e. The molecule has 0 aliphatic heterocycles. The number of hydrogen-bond acceptors (Lipinski definition) is 5. The van der Waals surface area contributed by atoms with E-state index in [1.807, 2.05) is 6.92 Å². The Kier molecular flexibility index (Phi) is 6.38. The summed E-state index contributed by atoms with van der Waals surface area (Å²) in [6.07, 6.45) is 6.10. The van der Waals surface area contributed by atoms with Gasteiger partial charge in [0.25, 0.3) is 0 Å². The summed E-state index contributed by atoms with van der Waals surface area (Å²) in [6, 6.07) is 0. The van der Waals surface area contributed by atoms with Crippen LogP contribution in [0.3, 0.4) is 0 Å². The summed E-state index contributed by atoms with van der Waals surface area (Å²) in [4.78, 5) is 31.6. The molecule has 0 heterocycles. The molecule has 0 fully saturated rings. The Labute approximate surface area is 105 Å². The lowest BCUT2D eigenvalue weighted by atomic mass is 9.84. The number of rotatable bonds is 7. The van der Waals surface area contributed by atoms with Crippen LogP contribution in [0.1, 0.15) is 32.6 Å². The van der Waals surface area contributed by atoms with E-state index in [1.54, 1.807) is 12.2 Å². The van der Waals surface area contributed by atoms with Crippen molar-refractivity contribution in [1.82, 2.24) is 0 Å². The molecule has 6 heteroatoms. The van der Waals surface area contributed by atoms with Crippen LogP contribution in [0.5, 0.6) is 0 Å². The van der Waals surface area contributed by atoms with Crippen LogP contribution in [0.4, 0.5) is 0 Å². The number of carboxylic acids is 1. The summed E-state index contributed by atoms with van der Waals surface area (Å²) in [5, 5.41) is 13.3. The van der Waals surface area contributed by atoms with E-state index in [-0.39, 0.29) is 0 Å². The molecule has 0 aromatic heterocycles. The number of carbonyl (C=O) groups is 2. The lowest BCUT2D eigenvalue weighted by Gasteiger charge is -2.21. The van der Waals surface area contributed by atoms with Crippen LogP contribution in [-0.4, -0.2) is 23.7 Å². The van der Waals surface area contributed by atoms with Crippen molar-refractivity contribution in [2.75, 3.05) is 6.61 Å². The molecule has 2 atom stereocenters. The van der Waals surface area contributed by atoms with E-state index in [4.69, 9.17) is 5.11 Å². The quantitative estimate of drug-likeness (QED) is 0.325. The molecule has 18 heavy (non-hydrogen) atoms. The van der Waals surface area contributed by atoms with Crippen molar-refractivity contribution >= 4 is 11.9 Å². The first kappa shape index (κ1) is 14.7. The Hall–Kier alpha value is -1.40. The highest BCUT2D eigenvalue weighted by molar-refractivity contribution is 5.82. The van der Waals surface area contributed by atoms with Crippen molar-refractivity contribution in [3.63, 3.8) is 0 Å². The van der Waals surface area contributed by atoms with Gasteiger partial charge in [0.2, 0.25) is 0 Å². The van der Waals surface area contributed by atoms with E-state index in [0.29, 0.717) is 19.4 Å². The second kappa shape index (κ2) is 7.84. The third-order valence-corrected chi connectivity index (χ3v) is 2.76. The smallest absolute Gasteiger partial charge is 0.353 e. The molecular formula is C12H18O6. The number of aliphatic carboxylic acids is 1. The molecule has 0 aromatic rings. The Morgan fingerprint density at radius 3 is 2.89 bits per heavy atom. The van der Waals surface area contributed by atoms with Gasteiger partial charge in [0.1, 0.15) is 0 Å². The zero-order chi connectivity index (χ0) is 13.4. The molecule has 102 valence electrons. The molecule has 1 rings (SSSR count). The number of hydrogen-bond donors (Lipinski definition) is 1. The Morgan fingerprint density at radius 1 is 1.44 bits per heavy atom. The van der Waals surface area contributed by atoms with Crippen LogP contribution in [-0.2, 0) is 24.4 Å². The summed E-state index contributed by atoms with van der Waals surface area (Å²) >= 11 is 0. The minimum absolute atomic E-state index is 0.326. The first-order valence-corrected chi connectivity index (χ1v) is 6.06. The monoisotopic (exact) mass is 258 g/mol. The standard InChI is InChI=1S/C12H18O6/c1-2-3-8-16-18-17-12(15)10-7-5-4-6-9(10)11(13)14/h5,7,9-10H,2-4,6,8H2,1H3,(H,13,14). The maximum absolute atomic E-state index is 11.6. The van der Waals surface area contributed by atoms with E-state index < -0.39 is 23.8 Å². The van der Waals surface area contributed by atoms with Gasteiger partial charge in [0.05, 0.1) is 18.4 Å². The van der Waals surface area contributed by atoms with Crippen LogP contribution in [0.15, 0.2) is 12.2 Å². The zero-order valence-electron chi connectivity index (χ0n) is 10.3. The SMILES string of the molecule is CCCCOOOC(=O)C1C=CCCC1C(=O)O. The van der Waals surface area contributed by atoms with Crippen molar-refractivity contribution in [3.05, 3.63) is 12.2 Å². The number of carbonyl (C=O) groups excluding carboxylic acids is 1. The molecule has 2 unspecified atom stereocenters. The molecule has 0 amide bonds. The summed E-state index contributed by atoms with van der Waals surface area (Å²) in [5.74, 6) is -3.32. The summed E-state index contributed by atoms with van der Waals surface area (Å²) < 4.78 is 0. The van der Waals surface area contributed by atoms with E-state index in [0.717, 1.165) is 12.8 Å². The van der Waals surface area contributed by atoms with Crippen molar-refractivity contribution in [2.24, 2.45) is 11.8 Å². The predicted molar refractivity (Wildman–Crippen MR) is 61.0 cm³/mol.